The smallest absolute Gasteiger partial charge is 0.127 e. The number of aromatic hydroxyl groups is 2. The molecule has 1 radical (unpaired) electrons. The Morgan fingerprint density at radius 3 is 1.27 bits per heavy atom. The van der Waals surface area contributed by atoms with Crippen molar-refractivity contribution < 1.29 is 31.5 Å². The van der Waals surface area contributed by atoms with E-state index < -0.39 is 0 Å². The molecule has 0 atom stereocenters. The summed E-state index contributed by atoms with van der Waals surface area (Å²) < 4.78 is 1.30. The van der Waals surface area contributed by atoms with E-state index >= 15 is 0 Å². The molecule has 5 nitrogen and oxygen atoms in total. The molecule has 0 saturated heterocycles. The van der Waals surface area contributed by atoms with E-state index in [1.165, 1.54) is 106 Å². The van der Waals surface area contributed by atoms with Gasteiger partial charge in [-0.25, -0.2) is 0 Å². The molecule has 2 aromatic rings. The molecule has 0 bridgehead atoms. The van der Waals surface area contributed by atoms with Gasteiger partial charge in [0.25, 0.3) is 0 Å². The number of benzene rings is 2. The summed E-state index contributed by atoms with van der Waals surface area (Å²) >= 11 is 0. The van der Waals surface area contributed by atoms with Crippen molar-refractivity contribution in [2.24, 2.45) is 9.98 Å². The van der Waals surface area contributed by atoms with Crippen LogP contribution in [0.3, 0.4) is 0 Å². The molecule has 0 aromatic heterocycles. The number of unbranched alkanes of at least 4 members (excludes halogenated alkanes) is 6. The average Bonchev–Trinajstić information content (AvgIpc) is 3.01. The van der Waals surface area contributed by atoms with Crippen molar-refractivity contribution in [3.8, 4) is 11.5 Å². The zero-order chi connectivity index (χ0) is 32.2. The Hall–Kier alpha value is -2.15. The summed E-state index contributed by atoms with van der Waals surface area (Å²) in [7, 11) is 0. The summed E-state index contributed by atoms with van der Waals surface area (Å²) in [5.41, 5.74) is 5.90. The Labute approximate surface area is 308 Å². The van der Waals surface area contributed by atoms with Crippen LogP contribution in [0, 0.1) is 36.1 Å². The maximum absolute atomic E-state index is 10.7. The van der Waals surface area contributed by atoms with Gasteiger partial charge in [-0.05, 0) is 99.6 Å². The van der Waals surface area contributed by atoms with Gasteiger partial charge in [-0.3, -0.25) is 9.98 Å². The van der Waals surface area contributed by atoms with E-state index in [0.29, 0.717) is 24.6 Å². The minimum Gasteiger partial charge on any atom is -0.507 e. The predicted octanol–water partition coefficient (Wildman–Crippen LogP) is 10.9. The number of hydrogen-bond donors (Lipinski definition) is 2. The van der Waals surface area contributed by atoms with E-state index in [2.05, 4.69) is 61.9 Å². The van der Waals surface area contributed by atoms with Gasteiger partial charge in [0.15, 0.2) is 0 Å². The molecule has 279 valence electrons. The number of rotatable bonds is 23. The number of phenols is 2. The Morgan fingerprint density at radius 2 is 0.896 bits per heavy atom. The molecule has 2 N–H and O–H groups in total. The van der Waals surface area contributed by atoms with Gasteiger partial charge < -0.3 is 37.0 Å². The van der Waals surface area contributed by atoms with Crippen LogP contribution in [-0.4, -0.2) is 66.4 Å². The van der Waals surface area contributed by atoms with Crippen LogP contribution in [-0.2, 0) is 29.6 Å². The number of aryl methyl sites for hydroxylation is 4. The Morgan fingerprint density at radius 1 is 0.542 bits per heavy atom. The van der Waals surface area contributed by atoms with Crippen LogP contribution in [0.15, 0.2) is 34.3 Å². The normalized spacial score (nSPS) is 11.2. The fourth-order valence-corrected chi connectivity index (χ4v) is 6.20. The van der Waals surface area contributed by atoms with Crippen LogP contribution < -0.4 is 0 Å². The molecule has 0 aliphatic rings. The van der Waals surface area contributed by atoms with Gasteiger partial charge >= 0.3 is 0 Å². The van der Waals surface area contributed by atoms with E-state index in [0.717, 1.165) is 41.5 Å². The number of quaternary nitrogens is 1. The molecule has 0 heterocycles. The Kier molecular flexibility index (Phi) is 30.0. The summed E-state index contributed by atoms with van der Waals surface area (Å²) in [6.45, 7) is 19.4. The van der Waals surface area contributed by atoms with Crippen molar-refractivity contribution in [1.29, 1.82) is 0 Å². The third-order valence-electron chi connectivity index (χ3n) is 8.97. The molecule has 0 fully saturated rings. The van der Waals surface area contributed by atoms with Gasteiger partial charge in [-0.1, -0.05) is 71.9 Å². The summed E-state index contributed by atoms with van der Waals surface area (Å²) in [5, 5.41) is 21.2. The molecule has 0 aliphatic heterocycles. The second-order valence-electron chi connectivity index (χ2n) is 13.0. The topological polar surface area (TPSA) is 65.2 Å². The van der Waals surface area contributed by atoms with Crippen LogP contribution in [0.1, 0.15) is 132 Å². The monoisotopic (exact) mass is 711 g/mol. The first kappa shape index (κ1) is 50.2. The number of aliphatic imine (C=N–C) groups is 2. The molecular formula is C42H73CoN3O2-2. The molecule has 0 saturated carbocycles. The quantitative estimate of drug-likeness (QED) is 0.0522. The first-order valence-electron chi connectivity index (χ1n) is 17.8. The van der Waals surface area contributed by atoms with Gasteiger partial charge in [0.2, 0.25) is 0 Å². The van der Waals surface area contributed by atoms with E-state index in [-0.39, 0.29) is 39.1 Å². The summed E-state index contributed by atoms with van der Waals surface area (Å²) in [6, 6.07) is 8.37. The molecule has 0 aliphatic carbocycles. The first-order valence-corrected chi connectivity index (χ1v) is 17.8. The van der Waals surface area contributed by atoms with E-state index in [9.17, 15) is 10.2 Å². The first-order chi connectivity index (χ1) is 21.3. The third-order valence-corrected chi connectivity index (χ3v) is 8.97. The van der Waals surface area contributed by atoms with Gasteiger partial charge in [0.05, 0.1) is 39.3 Å². The summed E-state index contributed by atoms with van der Waals surface area (Å²) in [5.74, 6) is 0.622. The fraction of sp³-hybridized carbons (Fsp3) is 0.595. The van der Waals surface area contributed by atoms with Crippen molar-refractivity contribution in [3.05, 3.63) is 79.9 Å². The standard InChI is InChI=1S/C39H63N3O2.3CH3.Co/c1-7-11-15-18-34-26-32(5)38(43)36(28-34)30-40-20-21-41-31-37-29-35(27-33(6)39(37)44)19-16-17-25-42(22-12-8-2,23-13-9-3)24-14-10-4;;;;/h26-31H,7-25H2,1-6H3,(H-,40,41,43,44);3*1H3;/q;3*-1;/p+1. The SMILES string of the molecule is CCCCCc1cc(C)c(O)c(C=NCCN=Cc2cc(CCCC[N+](CCCC)(CCCC)CCCC)cc(C)c2O)c1.[CH3-].[CH3-].[CH3-].[Co]. The summed E-state index contributed by atoms with van der Waals surface area (Å²) in [6.07, 6.45) is 19.4. The largest absolute Gasteiger partial charge is 0.507 e. The van der Waals surface area contributed by atoms with Crippen molar-refractivity contribution in [3.63, 3.8) is 0 Å². The van der Waals surface area contributed by atoms with Crippen LogP contribution in [0.4, 0.5) is 0 Å². The van der Waals surface area contributed by atoms with Crippen molar-refractivity contribution in [2.45, 2.75) is 125 Å². The zero-order valence-corrected chi connectivity index (χ0v) is 33.5. The maximum Gasteiger partial charge on any atom is 0.127 e. The Balaban J connectivity index is -0.00000506. The Bertz CT molecular complexity index is 1140. The van der Waals surface area contributed by atoms with Gasteiger partial charge in [-0.15, -0.1) is 0 Å². The van der Waals surface area contributed by atoms with Crippen LogP contribution in [0.25, 0.3) is 0 Å². The second kappa shape index (κ2) is 28.7. The molecule has 2 aromatic carbocycles. The summed E-state index contributed by atoms with van der Waals surface area (Å²) in [4.78, 5) is 9.11. The van der Waals surface area contributed by atoms with Gasteiger partial charge in [0, 0.05) is 40.3 Å². The zero-order valence-electron chi connectivity index (χ0n) is 32.5. The molecule has 48 heavy (non-hydrogen) atoms. The molecule has 0 unspecified atom stereocenters. The number of phenolic OH excluding ortho intramolecular Hbond substituents is 2. The average molecular weight is 711 g/mol. The minimum absolute atomic E-state index is 0. The van der Waals surface area contributed by atoms with Crippen LogP contribution >= 0.6 is 0 Å². The van der Waals surface area contributed by atoms with E-state index in [4.69, 9.17) is 0 Å². The van der Waals surface area contributed by atoms with Crippen molar-refractivity contribution in [1.82, 2.24) is 0 Å². The second-order valence-corrected chi connectivity index (χ2v) is 13.0. The van der Waals surface area contributed by atoms with Crippen molar-refractivity contribution >= 4 is 12.4 Å². The van der Waals surface area contributed by atoms with Gasteiger partial charge in [0.1, 0.15) is 11.5 Å². The minimum atomic E-state index is 0. The molecule has 0 spiro atoms. The molecule has 0 amide bonds. The van der Waals surface area contributed by atoms with E-state index in [1.54, 1.807) is 12.4 Å². The molecule has 6 heteroatoms. The number of hydrogen-bond acceptors (Lipinski definition) is 4. The molecule has 2 rings (SSSR count). The fourth-order valence-electron chi connectivity index (χ4n) is 6.20. The van der Waals surface area contributed by atoms with Crippen LogP contribution in [0.2, 0.25) is 0 Å². The maximum atomic E-state index is 10.7. The van der Waals surface area contributed by atoms with E-state index in [1.807, 2.05) is 13.8 Å². The van der Waals surface area contributed by atoms with Gasteiger partial charge in [-0.2, -0.15) is 0 Å². The van der Waals surface area contributed by atoms with Crippen molar-refractivity contribution in [2.75, 3.05) is 39.3 Å². The third kappa shape index (κ3) is 18.0. The molecular weight excluding hydrogens is 637 g/mol. The van der Waals surface area contributed by atoms with Crippen LogP contribution in [0.5, 0.6) is 11.5 Å². The number of nitrogens with zero attached hydrogens (tertiary/aromatic N) is 3. The predicted molar refractivity (Wildman–Crippen MR) is 210 cm³/mol.